The SMILES string of the molecule is NCc1ccc(C2(c3ccccc3)OCCO2)cc1.O=C(Cl)CCSSCCC(=O)Cl.O=S(=O)(Cl)Cl.O=c1cc(Cl)sn1Cc1ccc(C2(c3ccccc3)OCCO2)cc1. The van der Waals surface area contributed by atoms with Crippen molar-refractivity contribution in [1.82, 2.24) is 3.96 Å². The van der Waals surface area contributed by atoms with Gasteiger partial charge < -0.3 is 24.7 Å². The second kappa shape index (κ2) is 25.7. The molecule has 2 aliphatic heterocycles. The van der Waals surface area contributed by atoms with Gasteiger partial charge in [0.05, 0.1) is 33.0 Å². The summed E-state index contributed by atoms with van der Waals surface area (Å²) in [4.78, 5) is 32.3. The highest BCUT2D eigenvalue weighted by Crippen LogP contribution is 2.39. The fourth-order valence-electron chi connectivity index (χ4n) is 5.81. The lowest BCUT2D eigenvalue weighted by atomic mass is 9.96. The van der Waals surface area contributed by atoms with Crippen molar-refractivity contribution in [3.05, 3.63) is 163 Å². The van der Waals surface area contributed by atoms with E-state index in [1.807, 2.05) is 109 Å². The highest BCUT2D eigenvalue weighted by molar-refractivity contribution is 8.76. The van der Waals surface area contributed by atoms with E-state index in [1.54, 1.807) is 3.96 Å². The molecule has 0 spiro atoms. The van der Waals surface area contributed by atoms with Crippen LogP contribution in [-0.2, 0) is 61.5 Å². The van der Waals surface area contributed by atoms with Crippen molar-refractivity contribution in [2.24, 2.45) is 5.73 Å². The Kier molecular flexibility index (Phi) is 21.6. The smallest absolute Gasteiger partial charge is 0.317 e. The second-order valence-electron chi connectivity index (χ2n) is 12.6. The van der Waals surface area contributed by atoms with Gasteiger partial charge in [0.15, 0.2) is 0 Å². The number of hydrogen-bond acceptors (Lipinski definition) is 13. The molecule has 328 valence electrons. The van der Waals surface area contributed by atoms with Crippen LogP contribution in [0.1, 0.15) is 46.2 Å². The Morgan fingerprint density at radius 1 is 0.656 bits per heavy atom. The predicted octanol–water partition coefficient (Wildman–Crippen LogP) is 9.64. The number of benzene rings is 4. The molecule has 4 aromatic carbocycles. The van der Waals surface area contributed by atoms with Crippen molar-refractivity contribution >= 4 is 108 Å². The van der Waals surface area contributed by atoms with Gasteiger partial charge in [0.25, 0.3) is 5.56 Å². The van der Waals surface area contributed by atoms with Gasteiger partial charge in [-0.05, 0) is 45.9 Å². The highest BCUT2D eigenvalue weighted by atomic mass is 36.0. The molecule has 2 saturated heterocycles. The third-order valence-electron chi connectivity index (χ3n) is 8.45. The lowest BCUT2D eigenvalue weighted by molar-refractivity contribution is -0.130. The molecule has 2 fully saturated rings. The Bertz CT molecular complexity index is 2250. The zero-order valence-electron chi connectivity index (χ0n) is 32.3. The van der Waals surface area contributed by atoms with Gasteiger partial charge >= 0.3 is 8.26 Å². The molecule has 0 bridgehead atoms. The molecular weight excluding hydrogens is 970 g/mol. The van der Waals surface area contributed by atoms with Crippen LogP contribution in [0.5, 0.6) is 0 Å². The Hall–Kier alpha value is -2.45. The average molecular weight is 1010 g/mol. The summed E-state index contributed by atoms with van der Waals surface area (Å²) in [5.74, 6) is -0.260. The average Bonchev–Trinajstić information content (AvgIpc) is 4.02. The van der Waals surface area contributed by atoms with Gasteiger partial charge in [-0.2, -0.15) is 8.42 Å². The highest BCUT2D eigenvalue weighted by Gasteiger charge is 2.41. The van der Waals surface area contributed by atoms with E-state index in [1.165, 1.54) is 39.2 Å². The van der Waals surface area contributed by atoms with Crippen molar-refractivity contribution < 1.29 is 37.0 Å². The molecule has 2 N–H and O–H groups in total. The van der Waals surface area contributed by atoms with Crippen LogP contribution in [0.3, 0.4) is 0 Å². The Labute approximate surface area is 390 Å². The second-order valence-corrected chi connectivity index (χ2v) is 21.5. The summed E-state index contributed by atoms with van der Waals surface area (Å²) in [6.45, 7) is 3.36. The minimum absolute atomic E-state index is 0.0812. The molecule has 20 heteroatoms. The number of carbonyl (C=O) groups excluding carboxylic acids is 2. The maximum atomic E-state index is 11.8. The third-order valence-corrected chi connectivity index (χ3v) is 12.4. The minimum atomic E-state index is -3.72. The number of aromatic nitrogens is 1. The van der Waals surface area contributed by atoms with Crippen LogP contribution >= 0.6 is 89.3 Å². The molecule has 11 nitrogen and oxygen atoms in total. The molecule has 2 aliphatic rings. The van der Waals surface area contributed by atoms with Crippen molar-refractivity contribution in [2.45, 2.75) is 37.5 Å². The van der Waals surface area contributed by atoms with Crippen LogP contribution in [0.2, 0.25) is 4.34 Å². The molecule has 1 aromatic heterocycles. The van der Waals surface area contributed by atoms with Gasteiger partial charge in [-0.15, -0.1) is 0 Å². The number of carbonyl (C=O) groups is 2. The lowest BCUT2D eigenvalue weighted by Crippen LogP contribution is -2.28. The normalized spacial score (nSPS) is 15.0. The molecule has 5 aromatic rings. The van der Waals surface area contributed by atoms with Gasteiger partial charge in [-0.3, -0.25) is 18.3 Å². The van der Waals surface area contributed by atoms with Crippen LogP contribution in [-0.4, -0.2) is 60.8 Å². The van der Waals surface area contributed by atoms with Gasteiger partial charge in [0.1, 0.15) is 4.34 Å². The Morgan fingerprint density at radius 3 is 1.34 bits per heavy atom. The van der Waals surface area contributed by atoms with Crippen molar-refractivity contribution in [1.29, 1.82) is 0 Å². The van der Waals surface area contributed by atoms with Gasteiger partial charge in [-0.1, -0.05) is 142 Å². The topological polar surface area (TPSA) is 153 Å². The van der Waals surface area contributed by atoms with E-state index in [0.717, 1.165) is 33.4 Å². The lowest BCUT2D eigenvalue weighted by Gasteiger charge is -2.28. The number of rotatable bonds is 14. The van der Waals surface area contributed by atoms with Crippen LogP contribution in [0.25, 0.3) is 0 Å². The summed E-state index contributed by atoms with van der Waals surface area (Å²) in [6, 6.07) is 37.5. The monoisotopic (exact) mass is 1010 g/mol. The summed E-state index contributed by atoms with van der Waals surface area (Å²) < 4.78 is 44.3. The van der Waals surface area contributed by atoms with E-state index in [2.05, 4.69) is 21.4 Å². The number of nitrogens with two attached hydrogens (primary N) is 1. The van der Waals surface area contributed by atoms with E-state index in [0.29, 0.717) is 68.2 Å². The number of ether oxygens (including phenoxy) is 4. The first-order valence-electron chi connectivity index (χ1n) is 18.3. The van der Waals surface area contributed by atoms with Crippen LogP contribution in [0.4, 0.5) is 0 Å². The van der Waals surface area contributed by atoms with E-state index in [4.69, 9.17) is 67.9 Å². The zero-order valence-corrected chi connectivity index (χ0v) is 39.3. The number of hydrogen-bond donors (Lipinski definition) is 1. The molecule has 0 saturated carbocycles. The first-order valence-corrected chi connectivity index (χ1v) is 25.9. The van der Waals surface area contributed by atoms with Gasteiger partial charge in [-0.25, -0.2) is 0 Å². The maximum absolute atomic E-state index is 11.8. The molecule has 0 aliphatic carbocycles. The first-order chi connectivity index (χ1) is 29.1. The van der Waals surface area contributed by atoms with Crippen molar-refractivity contribution in [3.63, 3.8) is 0 Å². The molecule has 0 unspecified atom stereocenters. The van der Waals surface area contributed by atoms with E-state index in [9.17, 15) is 14.4 Å². The number of nitrogens with zero attached hydrogens (tertiary/aromatic N) is 1. The summed E-state index contributed by atoms with van der Waals surface area (Å²) in [6.07, 6.45) is 0.738. The summed E-state index contributed by atoms with van der Waals surface area (Å²) in [7, 11) is 7.86. The van der Waals surface area contributed by atoms with E-state index in [-0.39, 0.29) is 16.0 Å². The summed E-state index contributed by atoms with van der Waals surface area (Å²) in [5, 5.41) is -0.645. The molecule has 3 heterocycles. The fourth-order valence-corrected chi connectivity index (χ4v) is 9.27. The fraction of sp³-hybridized carbons (Fsp3) is 0.293. The van der Waals surface area contributed by atoms with Crippen LogP contribution in [0, 0.1) is 0 Å². The van der Waals surface area contributed by atoms with Gasteiger partial charge in [0, 0.05) is 80.6 Å². The molecule has 0 radical (unpaired) electrons. The minimum Gasteiger partial charge on any atom is -0.340 e. The maximum Gasteiger partial charge on any atom is 0.317 e. The molecular formula is C41H41Cl5N2O9S4. The summed E-state index contributed by atoms with van der Waals surface area (Å²) in [5.41, 5.74) is 11.6. The molecule has 61 heavy (non-hydrogen) atoms. The van der Waals surface area contributed by atoms with Crippen LogP contribution < -0.4 is 11.3 Å². The zero-order chi connectivity index (χ0) is 44.3. The first kappa shape index (κ1) is 51.2. The Morgan fingerprint density at radius 2 is 1.02 bits per heavy atom. The standard InChI is InChI=1S/C19H16ClNO3S.C16H17NO2.C6H8Cl2O2S2.Cl2O2S/c20-17-12-18(22)21(25-17)13-14-6-8-16(9-7-14)19(23-10-11-24-19)15-4-2-1-3-5-15;17-12-13-6-8-15(9-7-13)16(18-10-11-19-16)14-4-2-1-3-5-14;7-5(9)1-3-11-12-4-2-6(8)10;1-5(2,3)4/h1-9,12H,10-11,13H2;1-9H,10-12,17H2;1-4H2;. The summed E-state index contributed by atoms with van der Waals surface area (Å²) >= 11 is 17.4. The van der Waals surface area contributed by atoms with Crippen molar-refractivity contribution in [3.8, 4) is 0 Å². The molecule has 0 amide bonds. The molecule has 7 rings (SSSR count). The number of halogens is 5. The van der Waals surface area contributed by atoms with Crippen molar-refractivity contribution in [2.75, 3.05) is 37.9 Å². The van der Waals surface area contributed by atoms with E-state index < -0.39 is 19.8 Å². The van der Waals surface area contributed by atoms with E-state index >= 15 is 0 Å². The third kappa shape index (κ3) is 16.9. The largest absolute Gasteiger partial charge is 0.340 e. The molecule has 0 atom stereocenters. The Balaban J connectivity index is 0.000000201. The van der Waals surface area contributed by atoms with Crippen LogP contribution in [0.15, 0.2) is 120 Å². The quantitative estimate of drug-likeness (QED) is 0.0641. The predicted molar refractivity (Wildman–Crippen MR) is 248 cm³/mol. The van der Waals surface area contributed by atoms with Gasteiger partial charge in [0.2, 0.25) is 22.1 Å².